The third kappa shape index (κ3) is 4.38. The third-order valence-corrected chi connectivity index (χ3v) is 1.93. The van der Waals surface area contributed by atoms with Crippen molar-refractivity contribution in [2.75, 3.05) is 0 Å². The number of nitrogens with one attached hydrogen (secondary N) is 1. The minimum atomic E-state index is -2.34. The highest BCUT2D eigenvalue weighted by Crippen LogP contribution is 2.06. The lowest BCUT2D eigenvalue weighted by Crippen LogP contribution is -2.35. The Hall–Kier alpha value is -0.970. The van der Waals surface area contributed by atoms with Crippen LogP contribution in [0.3, 0.4) is 0 Å². The fourth-order valence-electron chi connectivity index (χ4n) is 1.16. The number of nitrogens with zero attached hydrogens (tertiary/aromatic N) is 2. The largest absolute Gasteiger partial charge is 0.328 e. The lowest BCUT2D eigenvalue weighted by Gasteiger charge is -2.20. The SMILES string of the molecule is CC(C)(C)NCc1cncn1CC(F)F. The van der Waals surface area contributed by atoms with Gasteiger partial charge in [-0.2, -0.15) is 0 Å². The highest BCUT2D eigenvalue weighted by molar-refractivity contribution is 4.99. The first-order valence-corrected chi connectivity index (χ1v) is 4.90. The molecule has 0 aliphatic rings. The van der Waals surface area contributed by atoms with Gasteiger partial charge in [-0.1, -0.05) is 0 Å². The molecule has 0 unspecified atom stereocenters. The number of rotatable bonds is 4. The van der Waals surface area contributed by atoms with Gasteiger partial charge in [-0.15, -0.1) is 0 Å². The molecule has 5 heteroatoms. The summed E-state index contributed by atoms with van der Waals surface area (Å²) in [5.41, 5.74) is 0.755. The van der Waals surface area contributed by atoms with E-state index in [1.165, 1.54) is 10.9 Å². The second kappa shape index (κ2) is 4.70. The highest BCUT2D eigenvalue weighted by Gasteiger charge is 2.12. The van der Waals surface area contributed by atoms with E-state index in [0.717, 1.165) is 5.69 Å². The second-order valence-electron chi connectivity index (χ2n) is 4.53. The van der Waals surface area contributed by atoms with Crippen molar-refractivity contribution < 1.29 is 8.78 Å². The summed E-state index contributed by atoms with van der Waals surface area (Å²) in [5, 5.41) is 3.23. The first-order chi connectivity index (χ1) is 6.88. The fraction of sp³-hybridized carbons (Fsp3) is 0.700. The van der Waals surface area contributed by atoms with E-state index < -0.39 is 6.43 Å². The van der Waals surface area contributed by atoms with Crippen LogP contribution in [0.1, 0.15) is 26.5 Å². The minimum Gasteiger partial charge on any atom is -0.328 e. The summed E-state index contributed by atoms with van der Waals surface area (Å²) in [6.45, 7) is 6.35. The number of aromatic nitrogens is 2. The van der Waals surface area contributed by atoms with Crippen molar-refractivity contribution in [3.05, 3.63) is 18.2 Å². The van der Waals surface area contributed by atoms with Crippen LogP contribution < -0.4 is 5.32 Å². The van der Waals surface area contributed by atoms with Crippen LogP contribution in [0.15, 0.2) is 12.5 Å². The van der Waals surface area contributed by atoms with Crippen molar-refractivity contribution in [1.29, 1.82) is 0 Å². The number of imidazole rings is 1. The summed E-state index contributed by atoms with van der Waals surface area (Å²) in [6.07, 6.45) is 0.708. The predicted octanol–water partition coefficient (Wildman–Crippen LogP) is 2.04. The number of hydrogen-bond donors (Lipinski definition) is 1. The summed E-state index contributed by atoms with van der Waals surface area (Å²) in [6, 6.07) is 0. The quantitative estimate of drug-likeness (QED) is 0.836. The minimum absolute atomic E-state index is 0.0278. The van der Waals surface area contributed by atoms with E-state index in [1.807, 2.05) is 20.8 Å². The molecule has 1 heterocycles. The zero-order valence-corrected chi connectivity index (χ0v) is 9.30. The molecule has 0 saturated carbocycles. The van der Waals surface area contributed by atoms with Crippen LogP contribution in [0.5, 0.6) is 0 Å². The van der Waals surface area contributed by atoms with Gasteiger partial charge in [0.2, 0.25) is 0 Å². The molecule has 0 aliphatic carbocycles. The maximum absolute atomic E-state index is 12.2. The van der Waals surface area contributed by atoms with Crippen molar-refractivity contribution in [1.82, 2.24) is 14.9 Å². The van der Waals surface area contributed by atoms with Crippen LogP contribution >= 0.6 is 0 Å². The predicted molar refractivity (Wildman–Crippen MR) is 54.8 cm³/mol. The summed E-state index contributed by atoms with van der Waals surface area (Å²) in [5.74, 6) is 0. The number of halogens is 2. The molecule has 3 nitrogen and oxygen atoms in total. The summed E-state index contributed by atoms with van der Waals surface area (Å²) in [7, 11) is 0. The Bertz CT molecular complexity index is 302. The van der Waals surface area contributed by atoms with Crippen molar-refractivity contribution in [2.45, 2.75) is 45.8 Å². The van der Waals surface area contributed by atoms with Crippen molar-refractivity contribution in [2.24, 2.45) is 0 Å². The van der Waals surface area contributed by atoms with Crippen molar-refractivity contribution in [3.8, 4) is 0 Å². The van der Waals surface area contributed by atoms with E-state index in [-0.39, 0.29) is 12.1 Å². The lowest BCUT2D eigenvalue weighted by atomic mass is 10.1. The summed E-state index contributed by atoms with van der Waals surface area (Å²) < 4.78 is 25.8. The zero-order valence-electron chi connectivity index (χ0n) is 9.30. The smallest absolute Gasteiger partial charge is 0.256 e. The average molecular weight is 217 g/mol. The Kier molecular flexibility index (Phi) is 3.79. The van der Waals surface area contributed by atoms with E-state index >= 15 is 0 Å². The summed E-state index contributed by atoms with van der Waals surface area (Å²) in [4.78, 5) is 3.87. The third-order valence-electron chi connectivity index (χ3n) is 1.93. The van der Waals surface area contributed by atoms with Gasteiger partial charge in [0, 0.05) is 18.3 Å². The molecule has 1 aromatic heterocycles. The summed E-state index contributed by atoms with van der Waals surface area (Å²) >= 11 is 0. The van der Waals surface area contributed by atoms with E-state index in [2.05, 4.69) is 10.3 Å². The molecule has 0 aliphatic heterocycles. The molecule has 0 atom stereocenters. The zero-order chi connectivity index (χ0) is 11.5. The van der Waals surface area contributed by atoms with Gasteiger partial charge in [0.15, 0.2) is 0 Å². The molecular weight excluding hydrogens is 200 g/mol. The Morgan fingerprint density at radius 1 is 1.47 bits per heavy atom. The Labute approximate surface area is 88.5 Å². The Balaban J connectivity index is 2.57. The molecule has 0 amide bonds. The monoisotopic (exact) mass is 217 g/mol. The normalized spacial score (nSPS) is 12.4. The van der Waals surface area contributed by atoms with Crippen molar-refractivity contribution in [3.63, 3.8) is 0 Å². The van der Waals surface area contributed by atoms with Gasteiger partial charge >= 0.3 is 0 Å². The molecule has 86 valence electrons. The number of hydrogen-bond acceptors (Lipinski definition) is 2. The van der Waals surface area contributed by atoms with Gasteiger partial charge in [-0.3, -0.25) is 0 Å². The van der Waals surface area contributed by atoms with Gasteiger partial charge in [-0.25, -0.2) is 13.8 Å². The van der Waals surface area contributed by atoms with Gasteiger partial charge in [0.05, 0.1) is 18.6 Å². The first-order valence-electron chi connectivity index (χ1n) is 4.90. The second-order valence-corrected chi connectivity index (χ2v) is 4.53. The first kappa shape index (κ1) is 12.1. The molecule has 1 aromatic rings. The van der Waals surface area contributed by atoms with E-state index in [4.69, 9.17) is 0 Å². The topological polar surface area (TPSA) is 29.9 Å². The van der Waals surface area contributed by atoms with Gasteiger partial charge < -0.3 is 9.88 Å². The standard InChI is InChI=1S/C10H17F2N3/c1-10(2,3)14-5-8-4-13-7-15(8)6-9(11)12/h4,7,9,14H,5-6H2,1-3H3. The van der Waals surface area contributed by atoms with Crippen LogP contribution in [0, 0.1) is 0 Å². The maximum atomic E-state index is 12.2. The molecule has 0 bridgehead atoms. The van der Waals surface area contributed by atoms with Gasteiger partial charge in [0.25, 0.3) is 6.43 Å². The Morgan fingerprint density at radius 3 is 2.67 bits per heavy atom. The van der Waals surface area contributed by atoms with E-state index in [1.54, 1.807) is 6.20 Å². The van der Waals surface area contributed by atoms with Crippen molar-refractivity contribution >= 4 is 0 Å². The van der Waals surface area contributed by atoms with E-state index in [0.29, 0.717) is 6.54 Å². The van der Waals surface area contributed by atoms with Gasteiger partial charge in [0.1, 0.15) is 0 Å². The van der Waals surface area contributed by atoms with E-state index in [9.17, 15) is 8.78 Å². The molecule has 0 saturated heterocycles. The van der Waals surface area contributed by atoms with Crippen LogP contribution in [-0.2, 0) is 13.1 Å². The van der Waals surface area contributed by atoms with Crippen LogP contribution in [-0.4, -0.2) is 21.5 Å². The fourth-order valence-corrected chi connectivity index (χ4v) is 1.16. The van der Waals surface area contributed by atoms with Crippen LogP contribution in [0.2, 0.25) is 0 Å². The molecule has 0 fully saturated rings. The Morgan fingerprint density at radius 2 is 2.13 bits per heavy atom. The molecule has 0 radical (unpaired) electrons. The lowest BCUT2D eigenvalue weighted by molar-refractivity contribution is 0.125. The molecule has 0 aromatic carbocycles. The molecule has 0 spiro atoms. The average Bonchev–Trinajstić information content (AvgIpc) is 2.46. The number of alkyl halides is 2. The molecule has 1 N–H and O–H groups in total. The molecule has 1 rings (SSSR count). The van der Waals surface area contributed by atoms with Crippen LogP contribution in [0.25, 0.3) is 0 Å². The van der Waals surface area contributed by atoms with Gasteiger partial charge in [-0.05, 0) is 20.8 Å². The molecule has 15 heavy (non-hydrogen) atoms. The highest BCUT2D eigenvalue weighted by atomic mass is 19.3. The van der Waals surface area contributed by atoms with Crippen LogP contribution in [0.4, 0.5) is 8.78 Å². The molecular formula is C10H17F2N3. The maximum Gasteiger partial charge on any atom is 0.256 e.